The van der Waals surface area contributed by atoms with Gasteiger partial charge in [0.2, 0.25) is 6.41 Å². The van der Waals surface area contributed by atoms with E-state index in [0.29, 0.717) is 31.9 Å². The standard InChI is InChI=1S/C11H16N4O2/c1-9-7-13(2)12-10(9)11(17)15-5-3-14(8-16)4-6-15/h7-8H,3-6H2,1-2H3. The zero-order valence-corrected chi connectivity index (χ0v) is 10.1. The summed E-state index contributed by atoms with van der Waals surface area (Å²) in [7, 11) is 1.80. The van der Waals surface area contributed by atoms with Crippen molar-refractivity contribution < 1.29 is 9.59 Å². The number of hydrogen-bond donors (Lipinski definition) is 0. The summed E-state index contributed by atoms with van der Waals surface area (Å²) >= 11 is 0. The van der Waals surface area contributed by atoms with Crippen molar-refractivity contribution in [3.05, 3.63) is 17.5 Å². The Bertz CT molecular complexity index is 433. The van der Waals surface area contributed by atoms with Crippen molar-refractivity contribution in [2.75, 3.05) is 26.2 Å². The molecule has 0 bridgehead atoms. The lowest BCUT2D eigenvalue weighted by atomic mass is 10.2. The topological polar surface area (TPSA) is 58.4 Å². The van der Waals surface area contributed by atoms with Crippen LogP contribution in [0.5, 0.6) is 0 Å². The van der Waals surface area contributed by atoms with Crippen molar-refractivity contribution in [3.63, 3.8) is 0 Å². The summed E-state index contributed by atoms with van der Waals surface area (Å²) in [4.78, 5) is 26.2. The normalized spacial score (nSPS) is 16.1. The maximum Gasteiger partial charge on any atom is 0.274 e. The first-order valence-corrected chi connectivity index (χ1v) is 5.60. The van der Waals surface area contributed by atoms with Crippen LogP contribution in [0.3, 0.4) is 0 Å². The Morgan fingerprint density at radius 2 is 2.00 bits per heavy atom. The van der Waals surface area contributed by atoms with E-state index in [4.69, 9.17) is 0 Å². The van der Waals surface area contributed by atoms with E-state index in [9.17, 15) is 9.59 Å². The molecular weight excluding hydrogens is 220 g/mol. The first-order chi connectivity index (χ1) is 8.11. The van der Waals surface area contributed by atoms with Crippen molar-refractivity contribution >= 4 is 12.3 Å². The summed E-state index contributed by atoms with van der Waals surface area (Å²) in [5.74, 6) is -0.0475. The van der Waals surface area contributed by atoms with Gasteiger partial charge in [0, 0.05) is 45.0 Å². The molecule has 92 valence electrons. The van der Waals surface area contributed by atoms with Crippen LogP contribution < -0.4 is 0 Å². The van der Waals surface area contributed by atoms with Crippen LogP contribution in [-0.2, 0) is 11.8 Å². The molecule has 1 fully saturated rings. The summed E-state index contributed by atoms with van der Waals surface area (Å²) < 4.78 is 1.64. The Morgan fingerprint density at radius 3 is 2.47 bits per heavy atom. The summed E-state index contributed by atoms with van der Waals surface area (Å²) in [6.07, 6.45) is 2.66. The largest absolute Gasteiger partial charge is 0.342 e. The van der Waals surface area contributed by atoms with E-state index in [2.05, 4.69) is 5.10 Å². The molecule has 0 radical (unpaired) electrons. The molecule has 6 nitrogen and oxygen atoms in total. The van der Waals surface area contributed by atoms with Gasteiger partial charge in [-0.05, 0) is 6.92 Å². The molecule has 0 aliphatic carbocycles. The lowest BCUT2D eigenvalue weighted by molar-refractivity contribution is -0.119. The van der Waals surface area contributed by atoms with E-state index in [0.717, 1.165) is 12.0 Å². The molecule has 2 rings (SSSR count). The van der Waals surface area contributed by atoms with Crippen molar-refractivity contribution in [3.8, 4) is 0 Å². The third-order valence-corrected chi connectivity index (χ3v) is 2.96. The average molecular weight is 236 g/mol. The van der Waals surface area contributed by atoms with Crippen molar-refractivity contribution in [1.29, 1.82) is 0 Å². The second kappa shape index (κ2) is 4.57. The molecule has 1 saturated heterocycles. The smallest absolute Gasteiger partial charge is 0.274 e. The quantitative estimate of drug-likeness (QED) is 0.659. The number of aryl methyl sites for hydroxylation is 2. The SMILES string of the molecule is Cc1cn(C)nc1C(=O)N1CCN(C=O)CC1. The number of rotatable bonds is 2. The fourth-order valence-electron chi connectivity index (χ4n) is 2.00. The molecule has 6 heteroatoms. The molecule has 2 heterocycles. The highest BCUT2D eigenvalue weighted by Gasteiger charge is 2.24. The number of amides is 2. The predicted octanol–water partition coefficient (Wildman–Crippen LogP) is -0.357. The van der Waals surface area contributed by atoms with Crippen LogP contribution in [0.4, 0.5) is 0 Å². The number of hydrogen-bond acceptors (Lipinski definition) is 3. The third kappa shape index (κ3) is 2.30. The monoisotopic (exact) mass is 236 g/mol. The number of aromatic nitrogens is 2. The van der Waals surface area contributed by atoms with Crippen LogP contribution in [0.15, 0.2) is 6.20 Å². The lowest BCUT2D eigenvalue weighted by Gasteiger charge is -2.32. The van der Waals surface area contributed by atoms with Gasteiger partial charge in [-0.3, -0.25) is 14.3 Å². The Hall–Kier alpha value is -1.85. The molecule has 1 aromatic rings. The van der Waals surface area contributed by atoms with Crippen molar-refractivity contribution in [2.24, 2.45) is 7.05 Å². The maximum absolute atomic E-state index is 12.2. The molecule has 1 aliphatic rings. The summed E-state index contributed by atoms with van der Waals surface area (Å²) in [6.45, 7) is 4.23. The van der Waals surface area contributed by atoms with Gasteiger partial charge < -0.3 is 9.80 Å². The third-order valence-electron chi connectivity index (χ3n) is 2.96. The second-order valence-corrected chi connectivity index (χ2v) is 4.27. The average Bonchev–Trinajstić information content (AvgIpc) is 2.68. The zero-order chi connectivity index (χ0) is 12.4. The van der Waals surface area contributed by atoms with Crippen LogP contribution in [0.1, 0.15) is 16.1 Å². The predicted molar refractivity (Wildman–Crippen MR) is 61.5 cm³/mol. The van der Waals surface area contributed by atoms with E-state index in [1.165, 1.54) is 0 Å². The van der Waals surface area contributed by atoms with Crippen LogP contribution in [0.2, 0.25) is 0 Å². The Kier molecular flexibility index (Phi) is 3.12. The lowest BCUT2D eigenvalue weighted by Crippen LogP contribution is -2.48. The van der Waals surface area contributed by atoms with E-state index in [-0.39, 0.29) is 5.91 Å². The first-order valence-electron chi connectivity index (χ1n) is 5.60. The van der Waals surface area contributed by atoms with Gasteiger partial charge in [0.05, 0.1) is 0 Å². The molecule has 17 heavy (non-hydrogen) atoms. The van der Waals surface area contributed by atoms with Crippen LogP contribution in [-0.4, -0.2) is 58.1 Å². The Morgan fingerprint density at radius 1 is 1.35 bits per heavy atom. The first kappa shape index (κ1) is 11.6. The van der Waals surface area contributed by atoms with Gasteiger partial charge in [-0.15, -0.1) is 0 Å². The number of carbonyl (C=O) groups is 2. The molecule has 0 saturated carbocycles. The minimum absolute atomic E-state index is 0.0475. The Balaban J connectivity index is 2.06. The Labute approximate surface area is 99.8 Å². The molecule has 0 N–H and O–H groups in total. The van der Waals surface area contributed by atoms with Gasteiger partial charge in [-0.2, -0.15) is 5.10 Å². The van der Waals surface area contributed by atoms with Crippen molar-refractivity contribution in [1.82, 2.24) is 19.6 Å². The van der Waals surface area contributed by atoms with Crippen LogP contribution in [0.25, 0.3) is 0 Å². The van der Waals surface area contributed by atoms with Gasteiger partial charge in [0.1, 0.15) is 0 Å². The molecular formula is C11H16N4O2. The highest BCUT2D eigenvalue weighted by atomic mass is 16.2. The summed E-state index contributed by atoms with van der Waals surface area (Å²) in [5.41, 5.74) is 1.39. The van der Waals surface area contributed by atoms with Gasteiger partial charge in [0.15, 0.2) is 5.69 Å². The highest BCUT2D eigenvalue weighted by molar-refractivity contribution is 5.93. The van der Waals surface area contributed by atoms with Gasteiger partial charge in [0.25, 0.3) is 5.91 Å². The zero-order valence-electron chi connectivity index (χ0n) is 10.1. The fourth-order valence-corrected chi connectivity index (χ4v) is 2.00. The highest BCUT2D eigenvalue weighted by Crippen LogP contribution is 2.10. The molecule has 0 spiro atoms. The molecule has 0 unspecified atom stereocenters. The van der Waals surface area contributed by atoms with Crippen molar-refractivity contribution in [2.45, 2.75) is 6.92 Å². The van der Waals surface area contributed by atoms with Gasteiger partial charge in [-0.1, -0.05) is 0 Å². The molecule has 1 aromatic heterocycles. The van der Waals surface area contributed by atoms with Gasteiger partial charge in [-0.25, -0.2) is 0 Å². The van der Waals surface area contributed by atoms with Crippen LogP contribution >= 0.6 is 0 Å². The van der Waals surface area contributed by atoms with E-state index in [1.807, 2.05) is 13.1 Å². The molecule has 2 amide bonds. The second-order valence-electron chi connectivity index (χ2n) is 4.27. The minimum Gasteiger partial charge on any atom is -0.342 e. The van der Waals surface area contributed by atoms with E-state index >= 15 is 0 Å². The fraction of sp³-hybridized carbons (Fsp3) is 0.545. The summed E-state index contributed by atoms with van der Waals surface area (Å²) in [6, 6.07) is 0. The molecule has 0 aromatic carbocycles. The summed E-state index contributed by atoms with van der Waals surface area (Å²) in [5, 5.41) is 4.17. The van der Waals surface area contributed by atoms with E-state index < -0.39 is 0 Å². The number of piperazine rings is 1. The van der Waals surface area contributed by atoms with Gasteiger partial charge >= 0.3 is 0 Å². The number of carbonyl (C=O) groups excluding carboxylic acids is 2. The molecule has 1 aliphatic heterocycles. The van der Waals surface area contributed by atoms with E-state index in [1.54, 1.807) is 21.5 Å². The minimum atomic E-state index is -0.0475. The maximum atomic E-state index is 12.2. The number of nitrogens with zero attached hydrogens (tertiary/aromatic N) is 4. The van der Waals surface area contributed by atoms with Crippen LogP contribution in [0, 0.1) is 6.92 Å². The molecule has 0 atom stereocenters.